The van der Waals surface area contributed by atoms with E-state index in [0.29, 0.717) is 119 Å². The number of carboxylic acids is 2. The van der Waals surface area contributed by atoms with Gasteiger partial charge in [-0.05, 0) is 225 Å². The predicted octanol–water partition coefficient (Wildman–Crippen LogP) is 9.30. The number of hydrogen-bond acceptors (Lipinski definition) is 21. The third-order valence-corrected chi connectivity index (χ3v) is 25.4. The molecular formula is C91H124Cl2N9NaO20. The van der Waals surface area contributed by atoms with Crippen LogP contribution in [0.1, 0.15) is 267 Å². The molecule has 6 fully saturated rings. The minimum absolute atomic E-state index is 0. The van der Waals surface area contributed by atoms with Crippen LogP contribution in [0.2, 0.25) is 0 Å². The molecule has 9 heterocycles. The van der Waals surface area contributed by atoms with E-state index in [-0.39, 0.29) is 173 Å². The molecule has 10 aliphatic rings. The average Bonchev–Trinajstić information content (AvgIpc) is 1.01. The Morgan fingerprint density at radius 3 is 1.15 bits per heavy atom. The monoisotopic (exact) mass is 1760 g/mol. The van der Waals surface area contributed by atoms with E-state index >= 15 is 0 Å². The van der Waals surface area contributed by atoms with Gasteiger partial charge >= 0.3 is 47.5 Å². The molecule has 29 nitrogen and oxygen atoms in total. The van der Waals surface area contributed by atoms with E-state index in [1.54, 1.807) is 71.3 Å². The summed E-state index contributed by atoms with van der Waals surface area (Å²) in [5.41, 5.74) is 11.2. The van der Waals surface area contributed by atoms with E-state index in [2.05, 4.69) is 15.4 Å². The van der Waals surface area contributed by atoms with Crippen molar-refractivity contribution in [1.82, 2.24) is 39.8 Å². The Hall–Kier alpha value is -8.84. The van der Waals surface area contributed by atoms with Crippen molar-refractivity contribution >= 4 is 132 Å². The number of ether oxygens (including phenoxy) is 1. The number of nitrogens with one attached hydrogen (secondary N) is 2. The van der Waals surface area contributed by atoms with Gasteiger partial charge in [-0.15, -0.1) is 11.6 Å². The quantitative estimate of drug-likeness (QED) is 0.0236. The Labute approximate surface area is 753 Å². The van der Waals surface area contributed by atoms with Gasteiger partial charge in [0.05, 0.1) is 39.6 Å². The minimum Gasteiger partial charge on any atom is -0.870 e. The molecule has 5 aromatic rings. The standard InChI is InChI=1S/C21H24N2O4.C19H22N2O3.C12H11NO2.C11H17NO4.C9H14ClNO2.C9H15NO2.C8H12ClNO2.2CH4.Na.H2O/c1-12(24)23-10-8-14(9-11-23)18-20(25)17(21(26)27)16-7-6-13-4-2-3-5-15(13)19(16)22-18;22-18-15(19(23)24)14-6-5-11-3-1-2-4-13(11)17(14)21-16(18)12-7-9-20-10-8-12;14-11-9-6-5-7-3-1-2-4-8(7)10(9)13-12(11)15;1-8(13)12-5-3-10(4-6-12)11(15)7-16-9(2)14;1-7(12)11-4-2-8(3-5-11)9(13)6-10;1-7(11)9-3-5-10(6-4-9)8(2)12;1-6(11)10-4-2-7(3-5-10)8(9)12;;;;/h6-7,14,25H,2-5,8-11H2,1H3,(H,26,27);5-6,12,20,22H,1-4,7-10H2,(H,23,24);5-6H,1-4H2,(H,13,14,15);10H,3-7H2,1-2H3;8H,2-6H2,1H3;9H,3-6H2,1-2H3;7H,2-5H2,1H3;2*1H4;;1H2/q;;;;;;;;;+1;/p-1. The maximum absolute atomic E-state index is 11.9. The van der Waals surface area contributed by atoms with Gasteiger partial charge in [-0.2, -0.15) is 0 Å². The Morgan fingerprint density at radius 1 is 0.455 bits per heavy atom. The Bertz CT molecular complexity index is 4540. The first-order valence-electron chi connectivity index (χ1n) is 42.0. The number of nitrogens with zero attached hydrogens (tertiary/aromatic N) is 7. The number of ketones is 4. The molecule has 6 amide bonds. The molecule has 0 bridgehead atoms. The van der Waals surface area contributed by atoms with Gasteiger partial charge in [-0.1, -0.05) is 45.2 Å². The molecule has 7 aliphatic heterocycles. The summed E-state index contributed by atoms with van der Waals surface area (Å²) in [5, 5.41) is 47.7. The number of hydrogen-bond donors (Lipinski definition) is 6. The largest absolute Gasteiger partial charge is 1.00 e. The number of amides is 6. The van der Waals surface area contributed by atoms with Crippen LogP contribution in [0.25, 0.3) is 21.8 Å². The minimum atomic E-state index is -1.13. The molecule has 2 aromatic heterocycles. The first-order chi connectivity index (χ1) is 56.8. The van der Waals surface area contributed by atoms with Crippen LogP contribution >= 0.6 is 23.2 Å². The van der Waals surface area contributed by atoms with Crippen molar-refractivity contribution in [3.05, 3.63) is 97.9 Å². The van der Waals surface area contributed by atoms with Gasteiger partial charge in [0.25, 0.3) is 11.7 Å². The van der Waals surface area contributed by atoms with Crippen molar-refractivity contribution in [3.8, 4) is 11.5 Å². The molecule has 0 atom stereocenters. The van der Waals surface area contributed by atoms with Crippen molar-refractivity contribution in [2.45, 2.75) is 229 Å². The van der Waals surface area contributed by atoms with Crippen LogP contribution in [0.4, 0.5) is 5.69 Å². The van der Waals surface area contributed by atoms with Gasteiger partial charge in [0.2, 0.25) is 34.8 Å². The molecule has 123 heavy (non-hydrogen) atoms. The first kappa shape index (κ1) is 105. The summed E-state index contributed by atoms with van der Waals surface area (Å²) in [6.07, 6.45) is 21.8. The number of aryl methyl sites for hydroxylation is 5. The number of carbonyl (C=O) groups excluding carboxylic acids is 12. The second kappa shape index (κ2) is 49.7. The van der Waals surface area contributed by atoms with E-state index in [4.69, 9.17) is 33.2 Å². The number of fused-ring (bicyclic) bond motifs is 9. The maximum atomic E-state index is 11.9. The molecule has 0 saturated carbocycles. The van der Waals surface area contributed by atoms with Crippen molar-refractivity contribution < 1.29 is 127 Å². The van der Waals surface area contributed by atoms with Gasteiger partial charge in [-0.3, -0.25) is 57.5 Å². The second-order valence-electron chi connectivity index (χ2n) is 32.5. The topological polar surface area (TPSA) is 425 Å². The number of likely N-dealkylation sites (tertiary alicyclic amines) is 5. The summed E-state index contributed by atoms with van der Waals surface area (Å²) in [5.74, 6) is -2.81. The van der Waals surface area contributed by atoms with Gasteiger partial charge < -0.3 is 65.8 Å². The SMILES string of the molecule is C.C.CC(=O)C1CCN(C(C)=O)CC1.CC(=O)N1CCC(C(=O)CCl)CC1.CC(=O)N1CCC(C(=O)Cl)CC1.CC(=O)N1CCC(c2nc3c4c(ccc3c(C(=O)O)c2O)CCCC4)CC1.CC(=O)OCC(=O)C1CCN(C(C)=O)CC1.O=C(O)c1c(O)c(C2CCNCC2)nc2c3c(ccc12)CCCC3.O=C1Nc2c(ccc3c2CCCC3)C1=O.[Na+].[OH-]. The smallest absolute Gasteiger partial charge is 0.870 e. The zero-order valence-corrected chi connectivity index (χ0v) is 74.6. The number of piperidine rings is 6. The number of aromatic carboxylic acids is 2. The zero-order chi connectivity index (χ0) is 86.5. The third-order valence-electron chi connectivity index (χ3n) is 24.8. The summed E-state index contributed by atoms with van der Waals surface area (Å²) in [4.78, 5) is 175. The number of Topliss-reactive ketones (excluding diaryl/α,β-unsaturated/α-hetero) is 4. The van der Waals surface area contributed by atoms with Crippen molar-refractivity contribution in [1.29, 1.82) is 0 Å². The van der Waals surface area contributed by atoms with Crippen molar-refractivity contribution in [3.63, 3.8) is 0 Å². The normalized spacial score (nSPS) is 17.7. The number of aromatic hydroxyl groups is 2. The molecule has 3 aliphatic carbocycles. The number of benzene rings is 3. The average molecular weight is 1760 g/mol. The maximum Gasteiger partial charge on any atom is 1.00 e. The number of rotatable bonds is 11. The Balaban J connectivity index is 0.000000260. The first-order valence-corrected chi connectivity index (χ1v) is 42.9. The fourth-order valence-electron chi connectivity index (χ4n) is 17.6. The number of aromatic nitrogens is 2. The number of carbonyl (C=O) groups is 14. The van der Waals surface area contributed by atoms with E-state index in [9.17, 15) is 87.5 Å². The fraction of sp³-hybridized carbons (Fsp3) is 0.582. The molecule has 0 unspecified atom stereocenters. The van der Waals surface area contributed by atoms with E-state index < -0.39 is 29.6 Å². The molecule has 0 spiro atoms. The van der Waals surface area contributed by atoms with Gasteiger partial charge in [0, 0.05) is 153 Å². The number of anilines is 1. The molecule has 7 N–H and O–H groups in total. The Kier molecular flexibility index (Phi) is 42.3. The van der Waals surface area contributed by atoms with Gasteiger partial charge in [0.1, 0.15) is 23.5 Å². The second-order valence-corrected chi connectivity index (χ2v) is 33.1. The Morgan fingerprint density at radius 2 is 0.789 bits per heavy atom. The molecule has 32 heteroatoms. The molecule has 15 rings (SSSR count). The van der Waals surface area contributed by atoms with Crippen LogP contribution in [0.15, 0.2) is 36.4 Å². The molecular weight excluding hydrogens is 1630 g/mol. The molecule has 0 radical (unpaired) electrons. The number of halogens is 2. The van der Waals surface area contributed by atoms with Crippen LogP contribution in [-0.4, -0.2) is 233 Å². The number of alkyl halides is 1. The third kappa shape index (κ3) is 27.8. The molecule has 3 aromatic carbocycles. The summed E-state index contributed by atoms with van der Waals surface area (Å²) in [7, 11) is 0. The van der Waals surface area contributed by atoms with Crippen LogP contribution in [0.5, 0.6) is 11.5 Å². The van der Waals surface area contributed by atoms with Crippen LogP contribution < -0.4 is 40.2 Å². The van der Waals surface area contributed by atoms with E-state index in [1.807, 2.05) is 24.3 Å². The van der Waals surface area contributed by atoms with E-state index in [1.165, 1.54) is 54.5 Å². The molecule has 6 saturated heterocycles. The van der Waals surface area contributed by atoms with Crippen LogP contribution in [0.3, 0.4) is 0 Å². The van der Waals surface area contributed by atoms with Crippen LogP contribution in [0, 0.1) is 23.7 Å². The van der Waals surface area contributed by atoms with Crippen LogP contribution in [-0.2, 0) is 96.0 Å². The molecule has 668 valence electrons. The van der Waals surface area contributed by atoms with Crippen molar-refractivity contribution in [2.24, 2.45) is 23.7 Å². The number of esters is 1. The van der Waals surface area contributed by atoms with E-state index in [0.717, 1.165) is 151 Å². The number of carboxylic acid groups (broad SMARTS) is 2. The summed E-state index contributed by atoms with van der Waals surface area (Å²) in [6.45, 7) is 19.0. The summed E-state index contributed by atoms with van der Waals surface area (Å²) < 4.78 is 4.66. The number of pyridine rings is 2. The predicted molar refractivity (Wildman–Crippen MR) is 463 cm³/mol. The van der Waals surface area contributed by atoms with Gasteiger partial charge in [-0.25, -0.2) is 19.6 Å². The summed E-state index contributed by atoms with van der Waals surface area (Å²) in [6, 6.07) is 11.4. The zero-order valence-electron chi connectivity index (χ0n) is 71.0. The van der Waals surface area contributed by atoms with Crippen molar-refractivity contribution in [2.75, 3.05) is 96.3 Å². The van der Waals surface area contributed by atoms with Gasteiger partial charge in [0.15, 0.2) is 23.1 Å². The fourth-order valence-corrected chi connectivity index (χ4v) is 18.0. The summed E-state index contributed by atoms with van der Waals surface area (Å²) >= 11 is 10.8.